The summed E-state index contributed by atoms with van der Waals surface area (Å²) >= 11 is 0. The van der Waals surface area contributed by atoms with Crippen LogP contribution in [0.1, 0.15) is 2.74 Å². The summed E-state index contributed by atoms with van der Waals surface area (Å²) in [7, 11) is -4.34. The molecule has 0 aliphatic carbocycles. The molecule has 0 radical (unpaired) electrons. The van der Waals surface area contributed by atoms with E-state index >= 15 is 0 Å². The van der Waals surface area contributed by atoms with E-state index in [0.717, 1.165) is 12.1 Å². The smallest absolute Gasteiger partial charge is 0.238 e. The van der Waals surface area contributed by atoms with Gasteiger partial charge in [0.05, 0.1) is 7.64 Å². The third-order valence-corrected chi connectivity index (χ3v) is 1.82. The number of hydrogen-bond donors (Lipinski definition) is 2. The van der Waals surface area contributed by atoms with Crippen LogP contribution in [0.3, 0.4) is 0 Å². The van der Waals surface area contributed by atoms with Gasteiger partial charge in [-0.15, -0.1) is 0 Å². The Hall–Kier alpha value is -1.07. The van der Waals surface area contributed by atoms with Gasteiger partial charge in [-0.1, -0.05) is 0 Å². The standard InChI is InChI=1S/C6H8N2O2S/c7-5-1-3-6(4-2-5)11(8,9)10/h1-4H,7H2,(H2,8,9,10)/i1D,3D/hD2. The van der Waals surface area contributed by atoms with E-state index in [1.54, 1.807) is 0 Å². The molecule has 4 nitrogen and oxygen atoms in total. The van der Waals surface area contributed by atoms with Crippen LogP contribution in [-0.2, 0) is 10.0 Å². The highest BCUT2D eigenvalue weighted by Gasteiger charge is 2.04. The molecule has 1 aromatic carbocycles. The number of sulfonamides is 1. The molecule has 60 valence electrons. The van der Waals surface area contributed by atoms with Crippen molar-refractivity contribution in [2.75, 3.05) is 5.73 Å². The number of benzene rings is 1. The first-order valence-corrected chi connectivity index (χ1v) is 4.11. The van der Waals surface area contributed by atoms with E-state index in [4.69, 9.17) is 11.3 Å². The Morgan fingerprint density at radius 2 is 2.18 bits per heavy atom. The Bertz CT molecular complexity index is 488. The highest BCUT2D eigenvalue weighted by molar-refractivity contribution is 7.89. The van der Waals surface area contributed by atoms with Gasteiger partial charge in [0.15, 0.2) is 0 Å². The van der Waals surface area contributed by atoms with Crippen molar-refractivity contribution in [1.29, 1.82) is 0 Å². The first-order chi connectivity index (χ1) is 6.78. The summed E-state index contributed by atoms with van der Waals surface area (Å²) in [5.74, 6) is 0. The molecule has 0 fully saturated rings. The number of rotatable bonds is 2. The topological polar surface area (TPSA) is 86.2 Å². The van der Waals surface area contributed by atoms with Crippen LogP contribution in [0.2, 0.25) is 2.82 Å². The number of anilines is 1. The lowest BCUT2D eigenvalue weighted by Crippen LogP contribution is -2.11. The Labute approximate surface area is 70.6 Å². The first-order valence-electron chi connectivity index (χ1n) is 4.56. The van der Waals surface area contributed by atoms with E-state index in [2.05, 4.69) is 0 Å². The Morgan fingerprint density at radius 3 is 2.82 bits per heavy atom. The summed E-state index contributed by atoms with van der Waals surface area (Å²) < 4.78 is 50.6. The summed E-state index contributed by atoms with van der Waals surface area (Å²) in [5, 5.41) is -0.504. The zero-order valence-electron chi connectivity index (χ0n) is 9.40. The zero-order valence-corrected chi connectivity index (χ0v) is 6.22. The molecule has 0 saturated carbocycles. The molecular formula is C6H8N2O2S. The fourth-order valence-electron chi connectivity index (χ4n) is 0.533. The fraction of sp³-hybridized carbons (Fsp3) is 0. The summed E-state index contributed by atoms with van der Waals surface area (Å²) in [6.07, 6.45) is 0. The van der Waals surface area contributed by atoms with Gasteiger partial charge in [-0.05, 0) is 24.2 Å². The van der Waals surface area contributed by atoms with Crippen LogP contribution < -0.4 is 10.9 Å². The predicted octanol–water partition coefficient (Wildman–Crippen LogP) is -0.0838. The minimum Gasteiger partial charge on any atom is -0.399 e. The lowest BCUT2D eigenvalue weighted by molar-refractivity contribution is 0.598. The van der Waals surface area contributed by atoms with Gasteiger partial charge >= 0.3 is 0 Å². The van der Waals surface area contributed by atoms with E-state index in [1.165, 1.54) is 0 Å². The van der Waals surface area contributed by atoms with Gasteiger partial charge in [0.2, 0.25) is 10.0 Å². The maximum atomic E-state index is 11.3. The summed E-state index contributed by atoms with van der Waals surface area (Å²) in [5.41, 5.74) is 5.27. The van der Waals surface area contributed by atoms with E-state index in [1.807, 2.05) is 0 Å². The van der Waals surface area contributed by atoms with Crippen LogP contribution in [0.5, 0.6) is 0 Å². The Kier molecular flexibility index (Phi) is 0.935. The van der Waals surface area contributed by atoms with E-state index in [0.29, 0.717) is 0 Å². The van der Waals surface area contributed by atoms with E-state index in [-0.39, 0.29) is 5.69 Å². The molecule has 0 saturated heterocycles. The number of nitrogens with two attached hydrogens (primary N) is 2. The number of hydrogen-bond acceptors (Lipinski definition) is 3. The third kappa shape index (κ3) is 1.92. The minimum absolute atomic E-state index is 0.0274. The number of nitrogen functional groups attached to an aromatic ring is 1. The maximum Gasteiger partial charge on any atom is 0.238 e. The average molecular weight is 176 g/mol. The molecule has 0 amide bonds. The summed E-state index contributed by atoms with van der Waals surface area (Å²) in [4.78, 5) is -0.577. The summed E-state index contributed by atoms with van der Waals surface area (Å²) in [6, 6.07) is 1.11. The molecule has 0 bridgehead atoms. The second-order valence-electron chi connectivity index (χ2n) is 1.88. The van der Waals surface area contributed by atoms with Gasteiger partial charge in [0.1, 0.15) is 2.82 Å². The number of primary sulfonamides is 1. The Morgan fingerprint density at radius 1 is 1.45 bits per heavy atom. The molecule has 0 spiro atoms. The van der Waals surface area contributed by atoms with Crippen molar-refractivity contribution in [2.24, 2.45) is 5.13 Å². The molecule has 11 heavy (non-hydrogen) atoms. The Balaban J connectivity index is 3.48. The minimum atomic E-state index is -4.34. The monoisotopic (exact) mass is 176 g/mol. The highest BCUT2D eigenvalue weighted by Crippen LogP contribution is 2.08. The van der Waals surface area contributed by atoms with E-state index in [9.17, 15) is 8.42 Å². The maximum absolute atomic E-state index is 11.3. The van der Waals surface area contributed by atoms with Gasteiger partial charge in [0.25, 0.3) is 0 Å². The van der Waals surface area contributed by atoms with Crippen molar-refractivity contribution < 1.29 is 14.0 Å². The predicted molar refractivity (Wildman–Crippen MR) is 42.2 cm³/mol. The molecular weight excluding hydrogens is 164 g/mol. The second kappa shape index (κ2) is 2.52. The normalized spacial score (nSPS) is 16.8. The van der Waals surface area contributed by atoms with Crippen molar-refractivity contribution in [3.8, 4) is 0 Å². The zero-order chi connectivity index (χ0) is 11.8. The van der Waals surface area contributed by atoms with Gasteiger partial charge < -0.3 is 5.73 Å². The van der Waals surface area contributed by atoms with Crippen molar-refractivity contribution in [3.63, 3.8) is 0 Å². The third-order valence-electron chi connectivity index (χ3n) is 1.02. The SMILES string of the molecule is [2H]c1c(N)ccc(S(=O)(=O)N([2H])[2H])c1[2H]. The van der Waals surface area contributed by atoms with Crippen LogP contribution >= 0.6 is 0 Å². The van der Waals surface area contributed by atoms with Crippen LogP contribution in [0.4, 0.5) is 5.69 Å². The molecule has 0 aliphatic heterocycles. The van der Waals surface area contributed by atoms with Crippen molar-refractivity contribution in [1.82, 2.24) is 0 Å². The van der Waals surface area contributed by atoms with E-state index < -0.39 is 32.1 Å². The second-order valence-corrected chi connectivity index (χ2v) is 3.27. The molecule has 0 aromatic heterocycles. The van der Waals surface area contributed by atoms with Gasteiger partial charge in [0, 0.05) is 5.69 Å². The molecule has 1 aromatic rings. The van der Waals surface area contributed by atoms with Crippen LogP contribution in [0.25, 0.3) is 0 Å². The quantitative estimate of drug-likeness (QED) is 0.618. The van der Waals surface area contributed by atoms with Gasteiger partial charge in [-0.25, -0.2) is 13.5 Å². The van der Waals surface area contributed by atoms with Crippen LogP contribution in [0.15, 0.2) is 29.1 Å². The highest BCUT2D eigenvalue weighted by atomic mass is 32.2. The summed E-state index contributed by atoms with van der Waals surface area (Å²) in [6.45, 7) is 0. The lowest BCUT2D eigenvalue weighted by atomic mass is 10.3. The van der Waals surface area contributed by atoms with Crippen molar-refractivity contribution >= 4 is 15.7 Å². The molecule has 5 heteroatoms. The van der Waals surface area contributed by atoms with Gasteiger partial charge in [-0.2, -0.15) is 0 Å². The molecule has 0 aliphatic rings. The molecule has 1 rings (SSSR count). The van der Waals surface area contributed by atoms with Gasteiger partial charge in [-0.3, -0.25) is 0 Å². The van der Waals surface area contributed by atoms with Crippen molar-refractivity contribution in [3.05, 3.63) is 24.2 Å². The van der Waals surface area contributed by atoms with Crippen LogP contribution in [-0.4, -0.2) is 8.42 Å². The van der Waals surface area contributed by atoms with Crippen molar-refractivity contribution in [2.45, 2.75) is 4.90 Å². The molecule has 0 atom stereocenters. The lowest BCUT2D eigenvalue weighted by Gasteiger charge is -1.96. The average Bonchev–Trinajstić information content (AvgIpc) is 2.13. The fourth-order valence-corrected chi connectivity index (χ4v) is 0.953. The van der Waals surface area contributed by atoms with Crippen LogP contribution in [0, 0.1) is 0 Å². The molecule has 4 N–H and O–H groups in total. The first kappa shape index (κ1) is 4.08. The molecule has 0 unspecified atom stereocenters. The largest absolute Gasteiger partial charge is 0.399 e. The molecule has 0 heterocycles.